The van der Waals surface area contributed by atoms with Gasteiger partial charge in [-0.05, 0) is 23.8 Å². The molecule has 0 atom stereocenters. The summed E-state index contributed by atoms with van der Waals surface area (Å²) in [6.07, 6.45) is 0. The van der Waals surface area contributed by atoms with E-state index in [0.29, 0.717) is 16.3 Å². The number of rotatable bonds is 5. The minimum atomic E-state index is -0.476. The van der Waals surface area contributed by atoms with Gasteiger partial charge in [0.2, 0.25) is 0 Å². The third-order valence-electron chi connectivity index (χ3n) is 2.68. The molecule has 0 saturated heterocycles. The topological polar surface area (TPSA) is 86.3 Å². The molecular formula is C13H9ClN2O4S. The molecule has 0 N–H and O–H groups in total. The van der Waals surface area contributed by atoms with Crippen molar-refractivity contribution in [3.8, 4) is 0 Å². The number of thioether (sulfide) groups is 1. The number of benzene rings is 2. The Labute approximate surface area is 129 Å². The average molecular weight is 325 g/mol. The molecule has 0 heterocycles. The molecule has 0 fully saturated rings. The third-order valence-corrected chi connectivity index (χ3v) is 4.11. The standard InChI is InChI=1S/C13H9ClN2O4S/c14-13-6-3-11(16(19)20)7-9(13)8-21-12-4-1-10(2-5-12)15(17)18/h1-7H,8H2. The first kappa shape index (κ1) is 15.3. The quantitative estimate of drug-likeness (QED) is 0.460. The summed E-state index contributed by atoms with van der Waals surface area (Å²) in [5.74, 6) is 0.443. The smallest absolute Gasteiger partial charge is 0.258 e. The van der Waals surface area contributed by atoms with E-state index in [2.05, 4.69) is 0 Å². The SMILES string of the molecule is O=[N+]([O-])c1ccc(SCc2cc([N+](=O)[O-])ccc2Cl)cc1. The van der Waals surface area contributed by atoms with E-state index in [1.807, 2.05) is 0 Å². The van der Waals surface area contributed by atoms with Crippen molar-refractivity contribution in [2.45, 2.75) is 10.6 Å². The van der Waals surface area contributed by atoms with Gasteiger partial charge in [0.1, 0.15) is 0 Å². The number of hydrogen-bond acceptors (Lipinski definition) is 5. The van der Waals surface area contributed by atoms with Gasteiger partial charge in [0.25, 0.3) is 11.4 Å². The first-order chi connectivity index (χ1) is 9.97. The maximum Gasteiger partial charge on any atom is 0.269 e. The summed E-state index contributed by atoms with van der Waals surface area (Å²) in [5.41, 5.74) is 0.653. The van der Waals surface area contributed by atoms with Crippen molar-refractivity contribution in [2.24, 2.45) is 0 Å². The number of hydrogen-bond donors (Lipinski definition) is 0. The van der Waals surface area contributed by atoms with E-state index in [0.717, 1.165) is 4.90 Å². The summed E-state index contributed by atoms with van der Waals surface area (Å²) < 4.78 is 0. The van der Waals surface area contributed by atoms with Gasteiger partial charge in [-0.2, -0.15) is 0 Å². The van der Waals surface area contributed by atoms with Gasteiger partial charge in [-0.15, -0.1) is 11.8 Å². The second-order valence-electron chi connectivity index (χ2n) is 4.07. The van der Waals surface area contributed by atoms with E-state index in [-0.39, 0.29) is 11.4 Å². The number of non-ortho nitro benzene ring substituents is 2. The second-order valence-corrected chi connectivity index (χ2v) is 5.53. The first-order valence-corrected chi connectivity index (χ1v) is 7.14. The molecule has 0 bridgehead atoms. The fourth-order valence-electron chi connectivity index (χ4n) is 1.61. The van der Waals surface area contributed by atoms with Crippen LogP contribution in [0.25, 0.3) is 0 Å². The van der Waals surface area contributed by atoms with E-state index >= 15 is 0 Å². The van der Waals surface area contributed by atoms with E-state index < -0.39 is 9.85 Å². The summed E-state index contributed by atoms with van der Waals surface area (Å²) in [6.45, 7) is 0. The highest BCUT2D eigenvalue weighted by atomic mass is 35.5. The van der Waals surface area contributed by atoms with E-state index in [4.69, 9.17) is 11.6 Å². The van der Waals surface area contributed by atoms with Crippen LogP contribution < -0.4 is 0 Å². The normalized spacial score (nSPS) is 10.3. The molecule has 8 heteroatoms. The van der Waals surface area contributed by atoms with E-state index in [9.17, 15) is 20.2 Å². The Morgan fingerprint density at radius 2 is 1.52 bits per heavy atom. The molecule has 6 nitrogen and oxygen atoms in total. The zero-order chi connectivity index (χ0) is 15.4. The molecule has 21 heavy (non-hydrogen) atoms. The van der Waals surface area contributed by atoms with Crippen LogP contribution in [0.2, 0.25) is 5.02 Å². The predicted molar refractivity (Wildman–Crippen MR) is 80.8 cm³/mol. The van der Waals surface area contributed by atoms with Gasteiger partial charge in [0.15, 0.2) is 0 Å². The summed E-state index contributed by atoms with van der Waals surface area (Å²) in [7, 11) is 0. The molecule has 108 valence electrons. The Bertz CT molecular complexity index is 691. The van der Waals surface area contributed by atoms with Crippen molar-refractivity contribution >= 4 is 34.7 Å². The van der Waals surface area contributed by atoms with Crippen molar-refractivity contribution in [2.75, 3.05) is 0 Å². The fraction of sp³-hybridized carbons (Fsp3) is 0.0769. The van der Waals surface area contributed by atoms with Crippen molar-refractivity contribution in [1.29, 1.82) is 0 Å². The highest BCUT2D eigenvalue weighted by molar-refractivity contribution is 7.98. The molecule has 0 radical (unpaired) electrons. The molecule has 0 amide bonds. The summed E-state index contributed by atoms with van der Waals surface area (Å²) in [6, 6.07) is 10.4. The molecule has 2 aromatic rings. The van der Waals surface area contributed by atoms with Crippen LogP contribution >= 0.6 is 23.4 Å². The van der Waals surface area contributed by atoms with Crippen LogP contribution in [0.5, 0.6) is 0 Å². The van der Waals surface area contributed by atoms with Gasteiger partial charge in [0, 0.05) is 39.9 Å². The molecule has 0 aliphatic heterocycles. The monoisotopic (exact) mass is 324 g/mol. The largest absolute Gasteiger partial charge is 0.269 e. The lowest BCUT2D eigenvalue weighted by atomic mass is 10.2. The molecule has 0 saturated carbocycles. The van der Waals surface area contributed by atoms with Gasteiger partial charge in [-0.1, -0.05) is 11.6 Å². The summed E-state index contributed by atoms with van der Waals surface area (Å²) in [4.78, 5) is 21.2. The molecule has 0 aromatic heterocycles. The van der Waals surface area contributed by atoms with Gasteiger partial charge in [-0.3, -0.25) is 20.2 Å². The van der Waals surface area contributed by atoms with Crippen LogP contribution in [0.4, 0.5) is 11.4 Å². The van der Waals surface area contributed by atoms with Crippen LogP contribution in [0, 0.1) is 20.2 Å². The highest BCUT2D eigenvalue weighted by Gasteiger charge is 2.10. The van der Waals surface area contributed by atoms with Crippen molar-refractivity contribution in [3.05, 3.63) is 73.3 Å². The molecular weight excluding hydrogens is 316 g/mol. The Morgan fingerprint density at radius 3 is 2.10 bits per heavy atom. The summed E-state index contributed by atoms with van der Waals surface area (Å²) >= 11 is 7.41. The zero-order valence-electron chi connectivity index (χ0n) is 10.6. The number of nitro groups is 2. The maximum atomic E-state index is 10.7. The lowest BCUT2D eigenvalue weighted by molar-refractivity contribution is -0.385. The Kier molecular flexibility index (Phi) is 4.77. The first-order valence-electron chi connectivity index (χ1n) is 5.77. The average Bonchev–Trinajstić information content (AvgIpc) is 2.46. The Hall–Kier alpha value is -2.12. The molecule has 0 aliphatic rings. The molecule has 0 unspecified atom stereocenters. The fourth-order valence-corrected chi connectivity index (χ4v) is 2.76. The highest BCUT2D eigenvalue weighted by Crippen LogP contribution is 2.30. The van der Waals surface area contributed by atoms with E-state index in [1.54, 1.807) is 12.1 Å². The second kappa shape index (κ2) is 6.55. The van der Waals surface area contributed by atoms with Crippen LogP contribution in [-0.4, -0.2) is 9.85 Å². The minimum Gasteiger partial charge on any atom is -0.258 e. The van der Waals surface area contributed by atoms with E-state index in [1.165, 1.54) is 42.1 Å². The van der Waals surface area contributed by atoms with Crippen molar-refractivity contribution in [1.82, 2.24) is 0 Å². The Morgan fingerprint density at radius 1 is 0.952 bits per heavy atom. The third kappa shape index (κ3) is 3.93. The van der Waals surface area contributed by atoms with Crippen molar-refractivity contribution < 1.29 is 9.85 Å². The van der Waals surface area contributed by atoms with Gasteiger partial charge < -0.3 is 0 Å². The van der Waals surface area contributed by atoms with Crippen LogP contribution in [0.1, 0.15) is 5.56 Å². The van der Waals surface area contributed by atoms with Crippen molar-refractivity contribution in [3.63, 3.8) is 0 Å². The molecule has 0 spiro atoms. The lowest BCUT2D eigenvalue weighted by Crippen LogP contribution is -1.91. The van der Waals surface area contributed by atoms with Crippen LogP contribution in [0.15, 0.2) is 47.4 Å². The van der Waals surface area contributed by atoms with Gasteiger partial charge in [-0.25, -0.2) is 0 Å². The number of nitrogens with zero attached hydrogens (tertiary/aromatic N) is 2. The predicted octanol–water partition coefficient (Wildman–Crippen LogP) is 4.45. The Balaban J connectivity index is 2.10. The van der Waals surface area contributed by atoms with Crippen LogP contribution in [0.3, 0.4) is 0 Å². The number of halogens is 1. The van der Waals surface area contributed by atoms with Crippen LogP contribution in [-0.2, 0) is 5.75 Å². The van der Waals surface area contributed by atoms with Gasteiger partial charge >= 0.3 is 0 Å². The molecule has 0 aliphatic carbocycles. The number of nitro benzene ring substituents is 2. The summed E-state index contributed by atoms with van der Waals surface area (Å²) in [5, 5.41) is 21.7. The maximum absolute atomic E-state index is 10.7. The molecule has 2 aromatic carbocycles. The minimum absolute atomic E-state index is 0.0151. The van der Waals surface area contributed by atoms with Gasteiger partial charge in [0.05, 0.1) is 9.85 Å². The lowest BCUT2D eigenvalue weighted by Gasteiger charge is -2.04. The zero-order valence-corrected chi connectivity index (χ0v) is 12.1. The molecule has 2 rings (SSSR count).